The number of ketones is 1. The lowest BCUT2D eigenvalue weighted by atomic mass is 9.85. The molecule has 6 rings (SSSR count). The van der Waals surface area contributed by atoms with Crippen LogP contribution in [0.3, 0.4) is 0 Å². The minimum absolute atomic E-state index is 0.0459. The molecule has 0 bridgehead atoms. The number of quaternary nitrogens is 1. The number of thioether (sulfide) groups is 1. The van der Waals surface area contributed by atoms with E-state index in [9.17, 15) is 44.4 Å². The van der Waals surface area contributed by atoms with Gasteiger partial charge in [-0.2, -0.15) is 0 Å². The van der Waals surface area contributed by atoms with Crippen molar-refractivity contribution in [3.05, 3.63) is 45.1 Å². The number of hydrogen-bond acceptors (Lipinski definition) is 15. The number of likely N-dealkylation sites (tertiary alicyclic amines) is 2. The van der Waals surface area contributed by atoms with Gasteiger partial charge in [0.2, 0.25) is 11.5 Å². The van der Waals surface area contributed by atoms with Gasteiger partial charge in [0.25, 0.3) is 5.91 Å². The Balaban J connectivity index is 1.20. The lowest BCUT2D eigenvalue weighted by Crippen LogP contribution is -2.64. The minimum Gasteiger partial charge on any atom is -0.504 e. The normalized spacial score (nSPS) is 29.5. The van der Waals surface area contributed by atoms with Crippen LogP contribution < -0.4 is 17.2 Å². The number of fused-ring (bicyclic) bond motifs is 2. The average molecular weight is 808 g/mol. The third kappa shape index (κ3) is 6.64. The van der Waals surface area contributed by atoms with E-state index >= 15 is 0 Å². The summed E-state index contributed by atoms with van der Waals surface area (Å²) < 4.78 is 0.218. The number of rotatable bonds is 11. The second-order valence-electron chi connectivity index (χ2n) is 15.1. The van der Waals surface area contributed by atoms with Crippen LogP contribution in [-0.4, -0.2) is 142 Å². The Morgan fingerprint density at radius 3 is 2.31 bits per heavy atom. The van der Waals surface area contributed by atoms with Crippen molar-refractivity contribution >= 4 is 75.1 Å². The maximum absolute atomic E-state index is 13.7. The number of aromatic nitrogens is 1. The third-order valence-corrected chi connectivity index (χ3v) is 12.9. The lowest BCUT2D eigenvalue weighted by Gasteiger charge is -2.51. The molecule has 0 aliphatic carbocycles. The molecule has 54 heavy (non-hydrogen) atoms. The number of carboxylic acid groups (broad SMARTS) is 2. The topological polar surface area (TPSA) is 285 Å². The van der Waals surface area contributed by atoms with Gasteiger partial charge in [-0.1, -0.05) is 16.8 Å². The molecule has 10 N–H and O–H groups in total. The number of hydrogen-bond donors (Lipinski definition) is 7. The van der Waals surface area contributed by atoms with E-state index in [1.807, 2.05) is 14.0 Å². The molecule has 0 saturated carbocycles. The van der Waals surface area contributed by atoms with Gasteiger partial charge in [0, 0.05) is 41.3 Å². The third-order valence-electron chi connectivity index (χ3n) is 10.4. The van der Waals surface area contributed by atoms with Gasteiger partial charge in [-0.3, -0.25) is 19.3 Å². The van der Waals surface area contributed by atoms with Crippen LogP contribution in [-0.2, 0) is 24.0 Å². The van der Waals surface area contributed by atoms with E-state index < -0.39 is 74.3 Å². The zero-order valence-corrected chi connectivity index (χ0v) is 32.0. The maximum atomic E-state index is 13.7. The molecule has 2 aromatic rings. The zero-order valence-electron chi connectivity index (χ0n) is 29.6. The lowest BCUT2D eigenvalue weighted by molar-refractivity contribution is -0.896. The summed E-state index contributed by atoms with van der Waals surface area (Å²) in [6, 6.07) is 2.35. The van der Waals surface area contributed by atoms with Gasteiger partial charge in [-0.15, -0.1) is 23.1 Å². The number of β-lactam (4-membered cyclic amide) rings is 1. The van der Waals surface area contributed by atoms with Crippen molar-refractivity contribution in [2.45, 2.75) is 54.5 Å². The predicted molar refractivity (Wildman–Crippen MR) is 197 cm³/mol. The molecule has 2 amide bonds. The minimum atomic E-state index is -1.78. The van der Waals surface area contributed by atoms with Crippen LogP contribution in [0.2, 0.25) is 5.02 Å². The number of phenolic OH excluding ortho intramolecular Hbond substituents is 2. The summed E-state index contributed by atoms with van der Waals surface area (Å²) in [4.78, 5) is 77.1. The zero-order chi connectivity index (χ0) is 39.9. The number of oxime groups is 1. The molecular weight excluding hydrogens is 768 g/mol. The number of nitrogens with zero attached hydrogens (tertiary/aromatic N) is 5. The fourth-order valence-corrected chi connectivity index (χ4v) is 10.0. The number of benzene rings is 1. The Morgan fingerprint density at radius 1 is 1.15 bits per heavy atom. The molecule has 4 aliphatic heterocycles. The SMILES string of the molecule is C[C@@H]1S[C@@H]2[C@H](CC(=O)/C(=N\OC(C)(C)C(=O)O)c3csc(N)n3)C(=O)N2C(C(=O)O)=C1C[N+]1(C)C[C@]2(N)CN(C(=O)c3cc(O)c(O)c(Cl)c3)C[C@]2(N)C1. The molecule has 1 unspecified atom stereocenters. The first-order valence-electron chi connectivity index (χ1n) is 16.6. The van der Waals surface area contributed by atoms with Crippen LogP contribution in [0.15, 0.2) is 33.9 Å². The predicted octanol–water partition coefficient (Wildman–Crippen LogP) is 0.603. The number of nitrogens with two attached hydrogens (primary N) is 3. The number of likely N-dealkylation sites (N-methyl/N-ethyl adjacent to an activating group) is 1. The Hall–Kier alpha value is -4.47. The summed E-state index contributed by atoms with van der Waals surface area (Å²) in [5.41, 5.74) is 15.8. The number of Topliss-reactive ketones (excluding diaryl/α,β-unsaturated/α-hetero) is 1. The molecule has 3 fully saturated rings. The van der Waals surface area contributed by atoms with E-state index in [1.54, 1.807) is 0 Å². The van der Waals surface area contributed by atoms with E-state index in [0.29, 0.717) is 5.57 Å². The maximum Gasteiger partial charge on any atom is 0.352 e. The van der Waals surface area contributed by atoms with Crippen LogP contribution in [0.25, 0.3) is 0 Å². The van der Waals surface area contributed by atoms with Gasteiger partial charge in [0.15, 0.2) is 28.1 Å². The highest BCUT2D eigenvalue weighted by Gasteiger charge is 2.66. The highest BCUT2D eigenvalue weighted by atomic mass is 35.5. The van der Waals surface area contributed by atoms with E-state index in [1.165, 1.54) is 46.9 Å². The number of carbonyl (C=O) groups excluding carboxylic acids is 3. The van der Waals surface area contributed by atoms with E-state index in [0.717, 1.165) is 17.4 Å². The Bertz CT molecular complexity index is 2010. The van der Waals surface area contributed by atoms with Crippen molar-refractivity contribution in [3.8, 4) is 11.5 Å². The number of nitrogen functional groups attached to an aromatic ring is 1. The highest BCUT2D eigenvalue weighted by Crippen LogP contribution is 2.50. The number of halogens is 1. The number of phenols is 2. The standard InChI is InChI=1S/C33H39ClN8O10S2/c1-14-17(8-42(4)12-32(36)10-40(11-33(32,37)13-42)25(46)15-5-18(34)24(45)21(44)6-15)23(28(48)49)41-26(47)16(27(41)54-14)7-20(43)22(19-9-53-30(35)38-19)39-52-31(2,3)29(50)51/h5-6,9,14,16,27H,7-8,10-13,36-37H2,1-4H3,(H5-,35,38,39,43,44,45,46,48,49,50,51)/p+1/t14-,16+,27+,32-,33+,42?/m0/s1. The van der Waals surface area contributed by atoms with Crippen molar-refractivity contribution in [1.29, 1.82) is 0 Å². The van der Waals surface area contributed by atoms with Gasteiger partial charge < -0.3 is 51.8 Å². The fourth-order valence-electron chi connectivity index (χ4n) is 7.76. The van der Waals surface area contributed by atoms with Crippen LogP contribution in [0.5, 0.6) is 11.5 Å². The number of amides is 2. The Kier molecular flexibility index (Phi) is 9.72. The van der Waals surface area contributed by atoms with Crippen LogP contribution >= 0.6 is 34.7 Å². The smallest absolute Gasteiger partial charge is 0.352 e. The fraction of sp³-hybridized carbons (Fsp3) is 0.485. The first kappa shape index (κ1) is 39.2. The van der Waals surface area contributed by atoms with Crippen molar-refractivity contribution < 1.29 is 53.7 Å². The van der Waals surface area contributed by atoms with Gasteiger partial charge >= 0.3 is 11.9 Å². The van der Waals surface area contributed by atoms with Crippen molar-refractivity contribution in [3.63, 3.8) is 0 Å². The van der Waals surface area contributed by atoms with E-state index in [2.05, 4.69) is 10.1 Å². The molecule has 1 aromatic heterocycles. The molecule has 0 spiro atoms. The summed E-state index contributed by atoms with van der Waals surface area (Å²) in [6.07, 6.45) is -0.376. The number of aromatic hydroxyl groups is 2. The van der Waals surface area contributed by atoms with Crippen LogP contribution in [0.4, 0.5) is 5.13 Å². The molecule has 290 valence electrons. The highest BCUT2D eigenvalue weighted by molar-refractivity contribution is 8.00. The molecule has 18 nitrogen and oxygen atoms in total. The van der Waals surface area contributed by atoms with E-state index in [-0.39, 0.29) is 76.4 Å². The average Bonchev–Trinajstić information content (AvgIpc) is 3.66. The number of aliphatic carboxylic acids is 2. The van der Waals surface area contributed by atoms with E-state index in [4.69, 9.17) is 33.6 Å². The number of carbonyl (C=O) groups is 5. The monoisotopic (exact) mass is 807 g/mol. The molecule has 21 heteroatoms. The summed E-state index contributed by atoms with van der Waals surface area (Å²) in [5, 5.41) is 43.8. The quantitative estimate of drug-likeness (QED) is 0.0538. The largest absolute Gasteiger partial charge is 0.504 e. The summed E-state index contributed by atoms with van der Waals surface area (Å²) in [6.45, 7) is 5.15. The molecule has 0 radical (unpaired) electrons. The van der Waals surface area contributed by atoms with Gasteiger partial charge in [0.05, 0.1) is 23.4 Å². The number of carboxylic acids is 2. The summed E-state index contributed by atoms with van der Waals surface area (Å²) in [7, 11) is 1.89. The van der Waals surface area contributed by atoms with Gasteiger partial charge in [-0.25, -0.2) is 14.6 Å². The summed E-state index contributed by atoms with van der Waals surface area (Å²) in [5.74, 6) is -6.38. The molecule has 3 saturated heterocycles. The molecule has 6 atom stereocenters. The molecular formula is C33H40ClN8O10S2+. The Morgan fingerprint density at radius 2 is 1.78 bits per heavy atom. The molecule has 1 aromatic carbocycles. The Labute approximate surface area is 321 Å². The first-order valence-corrected chi connectivity index (χ1v) is 18.8. The van der Waals surface area contributed by atoms with Crippen molar-refractivity contribution in [2.75, 3.05) is 45.5 Å². The first-order chi connectivity index (χ1) is 25.0. The van der Waals surface area contributed by atoms with Crippen molar-refractivity contribution in [2.24, 2.45) is 22.5 Å². The van der Waals surface area contributed by atoms with Crippen molar-refractivity contribution in [1.82, 2.24) is 14.8 Å². The van der Waals surface area contributed by atoms with Crippen LogP contribution in [0.1, 0.15) is 43.2 Å². The van der Waals surface area contributed by atoms with Gasteiger partial charge in [0.1, 0.15) is 42.1 Å². The number of anilines is 1. The second-order valence-corrected chi connectivity index (χ2v) is 17.9. The van der Waals surface area contributed by atoms with Gasteiger partial charge in [-0.05, 0) is 32.9 Å². The van der Waals surface area contributed by atoms with Crippen LogP contribution in [0, 0.1) is 5.92 Å². The number of thiazole rings is 1. The molecule has 4 aliphatic rings. The molecule has 5 heterocycles. The summed E-state index contributed by atoms with van der Waals surface area (Å²) >= 11 is 8.34. The second kappa shape index (κ2) is 13.4.